The van der Waals surface area contributed by atoms with Crippen LogP contribution in [0, 0.1) is 5.92 Å². The lowest BCUT2D eigenvalue weighted by Gasteiger charge is -2.38. The molecule has 1 aliphatic carbocycles. The molecule has 0 bridgehead atoms. The average Bonchev–Trinajstić information content (AvgIpc) is 2.21. The molecule has 1 unspecified atom stereocenters. The quantitative estimate of drug-likeness (QED) is 0.670. The zero-order chi connectivity index (χ0) is 14.6. The molecule has 0 aromatic carbocycles. The maximum atomic E-state index is 11.9. The molecule has 1 atom stereocenters. The van der Waals surface area contributed by atoms with Gasteiger partial charge in [0.1, 0.15) is 5.54 Å². The Bertz CT molecular complexity index is 338. The number of carbonyl (C=O) groups is 2. The fourth-order valence-electron chi connectivity index (χ4n) is 2.16. The maximum Gasteiger partial charge on any atom is 0.329 e. The van der Waals surface area contributed by atoms with E-state index in [1.54, 1.807) is 0 Å². The Hall–Kier alpha value is -1.30. The normalized spacial score (nSPS) is 18.8. The third-order valence-corrected chi connectivity index (χ3v) is 3.65. The number of hydrogen-bond donors (Lipinski definition) is 3. The second-order valence-corrected chi connectivity index (χ2v) is 5.95. The number of urea groups is 1. The third kappa shape index (κ3) is 4.09. The number of carboxylic acids is 1. The minimum Gasteiger partial charge on any atom is -0.480 e. The molecule has 0 radical (unpaired) electrons. The molecule has 1 rings (SSSR count). The van der Waals surface area contributed by atoms with Gasteiger partial charge in [0.05, 0.1) is 0 Å². The molecule has 3 N–H and O–H groups in total. The van der Waals surface area contributed by atoms with Gasteiger partial charge in [-0.25, -0.2) is 9.59 Å². The molecule has 6 nitrogen and oxygen atoms in total. The molecule has 0 spiro atoms. The van der Waals surface area contributed by atoms with Gasteiger partial charge in [-0.05, 0) is 39.3 Å². The number of rotatable bonds is 6. The van der Waals surface area contributed by atoms with Gasteiger partial charge < -0.3 is 20.6 Å². The summed E-state index contributed by atoms with van der Waals surface area (Å²) in [6, 6.07) is -0.386. The summed E-state index contributed by atoms with van der Waals surface area (Å²) in [7, 11) is 3.89. The third-order valence-electron chi connectivity index (χ3n) is 3.65. The van der Waals surface area contributed by atoms with Gasteiger partial charge in [0.2, 0.25) is 0 Å². The molecular weight excluding hydrogens is 246 g/mol. The van der Waals surface area contributed by atoms with Crippen LogP contribution in [0.5, 0.6) is 0 Å². The molecule has 1 fully saturated rings. The van der Waals surface area contributed by atoms with Crippen LogP contribution in [0.4, 0.5) is 4.79 Å². The first-order valence-electron chi connectivity index (χ1n) is 6.73. The first-order valence-corrected chi connectivity index (χ1v) is 6.73. The van der Waals surface area contributed by atoms with Crippen molar-refractivity contribution in [3.8, 4) is 0 Å². The predicted molar refractivity (Wildman–Crippen MR) is 73.1 cm³/mol. The SMILES string of the molecule is CC(C)C(CN(C)C)NC(=O)NC1(C(=O)O)CCC1. The van der Waals surface area contributed by atoms with Crippen LogP contribution in [-0.4, -0.2) is 54.2 Å². The topological polar surface area (TPSA) is 81.7 Å². The van der Waals surface area contributed by atoms with Crippen LogP contribution < -0.4 is 10.6 Å². The highest BCUT2D eigenvalue weighted by atomic mass is 16.4. The van der Waals surface area contributed by atoms with E-state index in [0.717, 1.165) is 13.0 Å². The Kier molecular flexibility index (Phi) is 5.17. The van der Waals surface area contributed by atoms with Crippen molar-refractivity contribution in [3.63, 3.8) is 0 Å². The molecule has 1 aliphatic rings. The van der Waals surface area contributed by atoms with Crippen molar-refractivity contribution < 1.29 is 14.7 Å². The van der Waals surface area contributed by atoms with Crippen LogP contribution in [0.25, 0.3) is 0 Å². The second-order valence-electron chi connectivity index (χ2n) is 5.95. The summed E-state index contributed by atoms with van der Waals surface area (Å²) in [6.07, 6.45) is 1.86. The fraction of sp³-hybridized carbons (Fsp3) is 0.846. The summed E-state index contributed by atoms with van der Waals surface area (Å²) >= 11 is 0. The lowest BCUT2D eigenvalue weighted by Crippen LogP contribution is -2.62. The number of amides is 2. The number of carboxylic acid groups (broad SMARTS) is 1. The van der Waals surface area contributed by atoms with Crippen LogP contribution in [-0.2, 0) is 4.79 Å². The molecule has 110 valence electrons. The van der Waals surface area contributed by atoms with Crippen LogP contribution in [0.15, 0.2) is 0 Å². The summed E-state index contributed by atoms with van der Waals surface area (Å²) in [4.78, 5) is 25.1. The van der Waals surface area contributed by atoms with E-state index in [-0.39, 0.29) is 18.0 Å². The zero-order valence-electron chi connectivity index (χ0n) is 12.2. The standard InChI is InChI=1S/C13H25N3O3/c1-9(2)10(8-16(3)4)14-12(19)15-13(11(17)18)6-5-7-13/h9-10H,5-8H2,1-4H3,(H,17,18)(H2,14,15,19). The summed E-state index contributed by atoms with van der Waals surface area (Å²) < 4.78 is 0. The van der Waals surface area contributed by atoms with Gasteiger partial charge in [-0.2, -0.15) is 0 Å². The van der Waals surface area contributed by atoms with Crippen molar-refractivity contribution in [2.45, 2.75) is 44.7 Å². The highest BCUT2D eigenvalue weighted by molar-refractivity contribution is 5.87. The van der Waals surface area contributed by atoms with Gasteiger partial charge in [0.15, 0.2) is 0 Å². The summed E-state index contributed by atoms with van der Waals surface area (Å²) in [5.74, 6) is -0.655. The molecule has 19 heavy (non-hydrogen) atoms. The summed E-state index contributed by atoms with van der Waals surface area (Å²) in [5.41, 5.74) is -1.05. The monoisotopic (exact) mass is 271 g/mol. The van der Waals surface area contributed by atoms with Crippen LogP contribution >= 0.6 is 0 Å². The Morgan fingerprint density at radius 1 is 1.32 bits per heavy atom. The lowest BCUT2D eigenvalue weighted by molar-refractivity contribution is -0.148. The number of carbonyl (C=O) groups excluding carboxylic acids is 1. The fourth-order valence-corrected chi connectivity index (χ4v) is 2.16. The van der Waals surface area contributed by atoms with Crippen molar-refractivity contribution in [1.82, 2.24) is 15.5 Å². The first-order chi connectivity index (χ1) is 8.77. The average molecular weight is 271 g/mol. The Morgan fingerprint density at radius 2 is 1.89 bits per heavy atom. The van der Waals surface area contributed by atoms with E-state index in [1.165, 1.54) is 0 Å². The van der Waals surface area contributed by atoms with Crippen LogP contribution in [0.1, 0.15) is 33.1 Å². The Balaban J connectivity index is 2.55. The molecule has 2 amide bonds. The predicted octanol–water partition coefficient (Wildman–Crippen LogP) is 0.879. The largest absolute Gasteiger partial charge is 0.480 e. The molecule has 0 heterocycles. The smallest absolute Gasteiger partial charge is 0.329 e. The Labute approximate surface area is 114 Å². The number of aliphatic carboxylic acids is 1. The zero-order valence-corrected chi connectivity index (χ0v) is 12.2. The van der Waals surface area contributed by atoms with Gasteiger partial charge >= 0.3 is 12.0 Å². The van der Waals surface area contributed by atoms with Crippen molar-refractivity contribution in [2.75, 3.05) is 20.6 Å². The highest BCUT2D eigenvalue weighted by Gasteiger charge is 2.45. The minimum absolute atomic E-state index is 0.000853. The molecule has 0 aromatic heterocycles. The lowest BCUT2D eigenvalue weighted by atomic mass is 9.77. The first kappa shape index (κ1) is 15.8. The van der Waals surface area contributed by atoms with Gasteiger partial charge in [0.25, 0.3) is 0 Å². The second kappa shape index (κ2) is 6.23. The minimum atomic E-state index is -1.05. The molecule has 0 saturated heterocycles. The van der Waals surface area contributed by atoms with E-state index in [1.807, 2.05) is 32.8 Å². The van der Waals surface area contributed by atoms with Gasteiger partial charge in [0, 0.05) is 12.6 Å². The number of nitrogens with zero attached hydrogens (tertiary/aromatic N) is 1. The van der Waals surface area contributed by atoms with E-state index in [2.05, 4.69) is 10.6 Å². The van der Waals surface area contributed by atoms with Gasteiger partial charge in [-0.1, -0.05) is 13.8 Å². The summed E-state index contributed by atoms with van der Waals surface area (Å²) in [6.45, 7) is 4.79. The molecule has 6 heteroatoms. The molecular formula is C13H25N3O3. The summed E-state index contributed by atoms with van der Waals surface area (Å²) in [5, 5.41) is 14.7. The molecule has 0 aliphatic heterocycles. The Morgan fingerprint density at radius 3 is 2.21 bits per heavy atom. The van der Waals surface area contributed by atoms with Crippen molar-refractivity contribution >= 4 is 12.0 Å². The molecule has 1 saturated carbocycles. The van der Waals surface area contributed by atoms with Crippen molar-refractivity contribution in [1.29, 1.82) is 0 Å². The van der Waals surface area contributed by atoms with E-state index in [9.17, 15) is 14.7 Å². The van der Waals surface area contributed by atoms with E-state index >= 15 is 0 Å². The number of nitrogens with one attached hydrogen (secondary N) is 2. The van der Waals surface area contributed by atoms with E-state index in [4.69, 9.17) is 0 Å². The van der Waals surface area contributed by atoms with Crippen molar-refractivity contribution in [3.05, 3.63) is 0 Å². The number of likely N-dealkylation sites (N-methyl/N-ethyl adjacent to an activating group) is 1. The van der Waals surface area contributed by atoms with E-state index < -0.39 is 11.5 Å². The molecule has 0 aromatic rings. The van der Waals surface area contributed by atoms with Gasteiger partial charge in [-0.3, -0.25) is 0 Å². The number of hydrogen-bond acceptors (Lipinski definition) is 3. The van der Waals surface area contributed by atoms with Gasteiger partial charge in [-0.15, -0.1) is 0 Å². The maximum absolute atomic E-state index is 11.9. The van der Waals surface area contributed by atoms with Crippen LogP contribution in [0.2, 0.25) is 0 Å². The van der Waals surface area contributed by atoms with Crippen molar-refractivity contribution in [2.24, 2.45) is 5.92 Å². The highest BCUT2D eigenvalue weighted by Crippen LogP contribution is 2.31. The van der Waals surface area contributed by atoms with E-state index in [0.29, 0.717) is 12.8 Å². The van der Waals surface area contributed by atoms with Crippen LogP contribution in [0.3, 0.4) is 0 Å².